The van der Waals surface area contributed by atoms with E-state index >= 15 is 0 Å². The van der Waals surface area contributed by atoms with Crippen LogP contribution in [0.3, 0.4) is 0 Å². The standard InChI is InChI=1S/C20H28/c1-13-8-16(4)19(10-15(13)3)12-20(7)11-17(5)14(2)9-18(20)6/h8-11,18H,12H2,1-7H3. The number of aryl methyl sites for hydroxylation is 3. The van der Waals surface area contributed by atoms with Crippen molar-refractivity contribution in [2.75, 3.05) is 0 Å². The number of allylic oxidation sites excluding steroid dienone is 4. The molecule has 0 bridgehead atoms. The van der Waals surface area contributed by atoms with Gasteiger partial charge in [-0.25, -0.2) is 0 Å². The van der Waals surface area contributed by atoms with Gasteiger partial charge in [-0.1, -0.05) is 49.3 Å². The molecule has 0 radical (unpaired) electrons. The second kappa shape index (κ2) is 5.24. The third-order valence-electron chi connectivity index (χ3n) is 5.23. The average molecular weight is 268 g/mol. The van der Waals surface area contributed by atoms with Gasteiger partial charge in [-0.2, -0.15) is 0 Å². The first kappa shape index (κ1) is 15.1. The van der Waals surface area contributed by atoms with Crippen LogP contribution < -0.4 is 0 Å². The van der Waals surface area contributed by atoms with Crippen LogP contribution in [0.1, 0.15) is 49.9 Å². The predicted molar refractivity (Wildman–Crippen MR) is 89.1 cm³/mol. The van der Waals surface area contributed by atoms with Gasteiger partial charge >= 0.3 is 0 Å². The van der Waals surface area contributed by atoms with Gasteiger partial charge in [0.15, 0.2) is 0 Å². The van der Waals surface area contributed by atoms with Crippen molar-refractivity contribution in [3.63, 3.8) is 0 Å². The molecule has 1 aromatic rings. The van der Waals surface area contributed by atoms with Crippen molar-refractivity contribution in [1.29, 1.82) is 0 Å². The highest BCUT2D eigenvalue weighted by Crippen LogP contribution is 2.41. The minimum Gasteiger partial charge on any atom is -0.0776 e. The summed E-state index contributed by atoms with van der Waals surface area (Å²) >= 11 is 0. The third-order valence-corrected chi connectivity index (χ3v) is 5.23. The molecule has 0 aliphatic heterocycles. The molecule has 0 amide bonds. The topological polar surface area (TPSA) is 0 Å². The highest BCUT2D eigenvalue weighted by atomic mass is 14.4. The summed E-state index contributed by atoms with van der Waals surface area (Å²) in [5, 5.41) is 0. The van der Waals surface area contributed by atoms with E-state index in [1.165, 1.54) is 33.4 Å². The van der Waals surface area contributed by atoms with Crippen molar-refractivity contribution in [2.45, 2.75) is 54.9 Å². The molecule has 108 valence electrons. The Labute approximate surface area is 124 Å². The van der Waals surface area contributed by atoms with Gasteiger partial charge in [0.2, 0.25) is 0 Å². The summed E-state index contributed by atoms with van der Waals surface area (Å²) in [5.41, 5.74) is 8.84. The number of benzene rings is 1. The van der Waals surface area contributed by atoms with Crippen molar-refractivity contribution >= 4 is 0 Å². The molecule has 1 aliphatic carbocycles. The number of hydrogen-bond acceptors (Lipinski definition) is 0. The van der Waals surface area contributed by atoms with E-state index in [4.69, 9.17) is 0 Å². The summed E-state index contributed by atoms with van der Waals surface area (Å²) in [6, 6.07) is 4.72. The quantitative estimate of drug-likeness (QED) is 0.645. The molecule has 20 heavy (non-hydrogen) atoms. The first-order valence-electron chi connectivity index (χ1n) is 7.68. The van der Waals surface area contributed by atoms with Crippen LogP contribution in [0.5, 0.6) is 0 Å². The molecule has 2 unspecified atom stereocenters. The number of hydrogen-bond donors (Lipinski definition) is 0. The summed E-state index contributed by atoms with van der Waals surface area (Å²) in [5.74, 6) is 0.590. The van der Waals surface area contributed by atoms with E-state index in [0.717, 1.165) is 6.42 Å². The van der Waals surface area contributed by atoms with Gasteiger partial charge in [-0.05, 0) is 74.6 Å². The maximum atomic E-state index is 2.49. The maximum Gasteiger partial charge on any atom is -0.00400 e. The molecule has 0 heteroatoms. The Morgan fingerprint density at radius 2 is 1.50 bits per heavy atom. The molecular formula is C20H28. The Morgan fingerprint density at radius 3 is 2.15 bits per heavy atom. The Morgan fingerprint density at radius 1 is 0.900 bits per heavy atom. The molecule has 0 heterocycles. The fourth-order valence-corrected chi connectivity index (χ4v) is 3.27. The van der Waals surface area contributed by atoms with E-state index in [1.54, 1.807) is 0 Å². The minimum absolute atomic E-state index is 0.232. The van der Waals surface area contributed by atoms with Gasteiger partial charge in [0, 0.05) is 0 Å². The largest absolute Gasteiger partial charge is 0.0776 e. The maximum absolute atomic E-state index is 2.49. The summed E-state index contributed by atoms with van der Waals surface area (Å²) in [7, 11) is 0. The molecule has 0 aromatic heterocycles. The number of rotatable bonds is 2. The molecule has 0 nitrogen and oxygen atoms in total. The predicted octanol–water partition coefficient (Wildman–Crippen LogP) is 5.70. The van der Waals surface area contributed by atoms with Crippen LogP contribution >= 0.6 is 0 Å². The molecule has 0 N–H and O–H groups in total. The van der Waals surface area contributed by atoms with E-state index < -0.39 is 0 Å². The Kier molecular flexibility index (Phi) is 3.95. The Hall–Kier alpha value is -1.30. The molecule has 1 aliphatic rings. The summed E-state index contributed by atoms with van der Waals surface area (Å²) in [6.45, 7) is 15.9. The summed E-state index contributed by atoms with van der Waals surface area (Å²) in [4.78, 5) is 0. The lowest BCUT2D eigenvalue weighted by atomic mass is 9.68. The van der Waals surface area contributed by atoms with Gasteiger partial charge in [-0.15, -0.1) is 0 Å². The molecular weight excluding hydrogens is 240 g/mol. The first-order chi connectivity index (χ1) is 9.23. The van der Waals surface area contributed by atoms with E-state index in [9.17, 15) is 0 Å². The SMILES string of the molecule is CC1=CC(C)C(C)(Cc2cc(C)c(C)cc2C)C=C1C. The zero-order valence-corrected chi connectivity index (χ0v) is 14.1. The van der Waals surface area contributed by atoms with E-state index in [2.05, 4.69) is 72.8 Å². The molecule has 0 fully saturated rings. The Balaban J connectivity index is 2.37. The lowest BCUT2D eigenvalue weighted by Gasteiger charge is -2.36. The minimum atomic E-state index is 0.232. The monoisotopic (exact) mass is 268 g/mol. The first-order valence-corrected chi connectivity index (χ1v) is 7.68. The zero-order chi connectivity index (χ0) is 15.1. The third kappa shape index (κ3) is 2.75. The van der Waals surface area contributed by atoms with Crippen LogP contribution in [0.25, 0.3) is 0 Å². The van der Waals surface area contributed by atoms with Crippen LogP contribution in [-0.4, -0.2) is 0 Å². The van der Waals surface area contributed by atoms with Gasteiger partial charge in [0.05, 0.1) is 0 Å². The molecule has 2 rings (SSSR count). The lowest BCUT2D eigenvalue weighted by Crippen LogP contribution is -2.28. The van der Waals surface area contributed by atoms with Crippen LogP contribution in [0.4, 0.5) is 0 Å². The van der Waals surface area contributed by atoms with Crippen LogP contribution in [-0.2, 0) is 6.42 Å². The molecule has 0 saturated heterocycles. The van der Waals surface area contributed by atoms with Crippen LogP contribution in [0.2, 0.25) is 0 Å². The smallest absolute Gasteiger partial charge is 0.00400 e. The summed E-state index contributed by atoms with van der Waals surface area (Å²) < 4.78 is 0. The zero-order valence-electron chi connectivity index (χ0n) is 14.1. The fourth-order valence-electron chi connectivity index (χ4n) is 3.27. The Bertz CT molecular complexity index is 586. The molecule has 2 atom stereocenters. The fraction of sp³-hybridized carbons (Fsp3) is 0.500. The van der Waals surface area contributed by atoms with Gasteiger partial charge in [0.25, 0.3) is 0 Å². The van der Waals surface area contributed by atoms with Gasteiger partial charge in [-0.3, -0.25) is 0 Å². The highest BCUT2D eigenvalue weighted by Gasteiger charge is 2.31. The molecule has 1 aromatic carbocycles. The van der Waals surface area contributed by atoms with Gasteiger partial charge in [0.1, 0.15) is 0 Å². The van der Waals surface area contributed by atoms with Crippen molar-refractivity contribution in [3.8, 4) is 0 Å². The molecule has 0 spiro atoms. The van der Waals surface area contributed by atoms with Crippen molar-refractivity contribution in [2.24, 2.45) is 11.3 Å². The normalized spacial score (nSPS) is 26.2. The van der Waals surface area contributed by atoms with Crippen molar-refractivity contribution in [1.82, 2.24) is 0 Å². The van der Waals surface area contributed by atoms with E-state index in [-0.39, 0.29) is 5.41 Å². The second-order valence-electron chi connectivity index (χ2n) is 7.01. The van der Waals surface area contributed by atoms with Gasteiger partial charge < -0.3 is 0 Å². The van der Waals surface area contributed by atoms with Crippen LogP contribution in [0, 0.1) is 32.1 Å². The van der Waals surface area contributed by atoms with Crippen molar-refractivity contribution < 1.29 is 0 Å². The second-order valence-corrected chi connectivity index (χ2v) is 7.01. The average Bonchev–Trinajstić information content (AvgIpc) is 2.34. The van der Waals surface area contributed by atoms with Crippen molar-refractivity contribution in [3.05, 3.63) is 57.7 Å². The van der Waals surface area contributed by atoms with Crippen LogP contribution in [0.15, 0.2) is 35.4 Å². The lowest BCUT2D eigenvalue weighted by molar-refractivity contribution is 0.318. The van der Waals surface area contributed by atoms with E-state index in [0.29, 0.717) is 5.92 Å². The van der Waals surface area contributed by atoms with E-state index in [1.807, 2.05) is 0 Å². The summed E-state index contributed by atoms with van der Waals surface area (Å²) in [6.07, 6.45) is 6.05. The molecule has 0 saturated carbocycles. The highest BCUT2D eigenvalue weighted by molar-refractivity contribution is 5.40.